The smallest absolute Gasteiger partial charge is 0.270 e. The van der Waals surface area contributed by atoms with Gasteiger partial charge in [0.1, 0.15) is 0 Å². The number of anilines is 1. The third kappa shape index (κ3) is 8.80. The second-order valence-electron chi connectivity index (χ2n) is 11.9. The van der Waals surface area contributed by atoms with Gasteiger partial charge in [0.25, 0.3) is 5.69 Å². The molecule has 8 nitrogen and oxygen atoms in total. The number of nitro benzene ring substituents is 1. The minimum atomic E-state index is -3.30. The van der Waals surface area contributed by atoms with E-state index in [1.807, 2.05) is 24.3 Å². The van der Waals surface area contributed by atoms with Crippen LogP contribution >= 0.6 is 0 Å². The van der Waals surface area contributed by atoms with Gasteiger partial charge in [0.15, 0.2) is 0 Å². The molecule has 5 aromatic rings. The van der Waals surface area contributed by atoms with E-state index in [9.17, 15) is 18.5 Å². The zero-order valence-electron chi connectivity index (χ0n) is 26.0. The SMILES string of the molecule is Cc1cc(C)cc(-c2[nH]c3ccc([N+](=O)[O-])cc3c2CCN(CCCCc2ccc(NS(C)(=O)=O)cc2)Cc2ccccc2)c1. The number of hydrogen-bond acceptors (Lipinski definition) is 5. The summed E-state index contributed by atoms with van der Waals surface area (Å²) in [5.74, 6) is 0. The van der Waals surface area contributed by atoms with Crippen LogP contribution in [0.1, 0.15) is 40.7 Å². The zero-order valence-corrected chi connectivity index (χ0v) is 26.9. The van der Waals surface area contributed by atoms with Crippen LogP contribution in [0, 0.1) is 24.0 Å². The summed E-state index contributed by atoms with van der Waals surface area (Å²) in [4.78, 5) is 17.4. The molecule has 0 unspecified atom stereocenters. The Kier molecular flexibility index (Phi) is 10.0. The van der Waals surface area contributed by atoms with E-state index in [-0.39, 0.29) is 10.6 Å². The highest BCUT2D eigenvalue weighted by molar-refractivity contribution is 7.92. The molecule has 0 spiro atoms. The van der Waals surface area contributed by atoms with Gasteiger partial charge in [-0.3, -0.25) is 19.7 Å². The van der Waals surface area contributed by atoms with Gasteiger partial charge in [0, 0.05) is 47.5 Å². The van der Waals surface area contributed by atoms with Crippen LogP contribution in [0.25, 0.3) is 22.2 Å². The summed E-state index contributed by atoms with van der Waals surface area (Å²) in [6.45, 7) is 6.70. The maximum Gasteiger partial charge on any atom is 0.270 e. The molecule has 9 heteroatoms. The largest absolute Gasteiger partial charge is 0.354 e. The summed E-state index contributed by atoms with van der Waals surface area (Å²) in [6.07, 6.45) is 4.79. The minimum Gasteiger partial charge on any atom is -0.354 e. The highest BCUT2D eigenvalue weighted by Crippen LogP contribution is 2.34. The number of benzene rings is 4. The maximum atomic E-state index is 11.7. The fourth-order valence-corrected chi connectivity index (χ4v) is 6.54. The molecule has 4 aromatic carbocycles. The van der Waals surface area contributed by atoms with Gasteiger partial charge in [0.05, 0.1) is 11.2 Å². The summed E-state index contributed by atoms with van der Waals surface area (Å²) in [7, 11) is -3.30. The Morgan fingerprint density at radius 3 is 2.20 bits per heavy atom. The summed E-state index contributed by atoms with van der Waals surface area (Å²) in [5, 5.41) is 12.6. The lowest BCUT2D eigenvalue weighted by molar-refractivity contribution is -0.384. The number of rotatable bonds is 14. The van der Waals surface area contributed by atoms with Crippen molar-refractivity contribution in [2.45, 2.75) is 46.1 Å². The number of nitro groups is 1. The molecule has 1 heterocycles. The van der Waals surface area contributed by atoms with Gasteiger partial charge in [-0.15, -0.1) is 0 Å². The molecule has 2 N–H and O–H groups in total. The second kappa shape index (κ2) is 14.1. The lowest BCUT2D eigenvalue weighted by Crippen LogP contribution is -2.27. The van der Waals surface area contributed by atoms with E-state index in [0.29, 0.717) is 5.69 Å². The Labute approximate surface area is 265 Å². The summed E-state index contributed by atoms with van der Waals surface area (Å²) < 4.78 is 25.5. The molecule has 1 aromatic heterocycles. The lowest BCUT2D eigenvalue weighted by Gasteiger charge is -2.23. The van der Waals surface area contributed by atoms with Crippen molar-refractivity contribution in [2.24, 2.45) is 0 Å². The van der Waals surface area contributed by atoms with Crippen molar-refractivity contribution >= 4 is 32.3 Å². The van der Waals surface area contributed by atoms with Gasteiger partial charge in [-0.05, 0) is 98.7 Å². The minimum absolute atomic E-state index is 0.0935. The van der Waals surface area contributed by atoms with Crippen molar-refractivity contribution in [3.63, 3.8) is 0 Å². The fourth-order valence-electron chi connectivity index (χ4n) is 5.97. The zero-order chi connectivity index (χ0) is 32.0. The van der Waals surface area contributed by atoms with Gasteiger partial charge in [-0.25, -0.2) is 8.42 Å². The fraction of sp³-hybridized carbons (Fsp3) is 0.278. The maximum absolute atomic E-state index is 11.7. The molecule has 5 rings (SSSR count). The molecule has 0 bridgehead atoms. The van der Waals surface area contributed by atoms with E-state index < -0.39 is 10.0 Å². The first-order valence-electron chi connectivity index (χ1n) is 15.2. The van der Waals surface area contributed by atoms with E-state index in [0.717, 1.165) is 79.3 Å². The van der Waals surface area contributed by atoms with E-state index in [2.05, 4.69) is 70.9 Å². The first kappa shape index (κ1) is 31.9. The normalized spacial score (nSPS) is 11.7. The third-order valence-electron chi connectivity index (χ3n) is 7.98. The van der Waals surface area contributed by atoms with Gasteiger partial charge in [-0.2, -0.15) is 0 Å². The number of nitrogens with one attached hydrogen (secondary N) is 2. The quantitative estimate of drug-likeness (QED) is 0.0745. The van der Waals surface area contributed by atoms with Crippen molar-refractivity contribution in [3.05, 3.63) is 129 Å². The molecular weight excluding hydrogens is 584 g/mol. The first-order valence-corrected chi connectivity index (χ1v) is 17.1. The number of sulfonamides is 1. The first-order chi connectivity index (χ1) is 21.5. The Hall–Kier alpha value is -4.47. The molecule has 0 saturated carbocycles. The average molecular weight is 625 g/mol. The Balaban J connectivity index is 1.34. The average Bonchev–Trinajstić information content (AvgIpc) is 3.36. The molecule has 0 aliphatic carbocycles. The topological polar surface area (TPSA) is 108 Å². The molecule has 234 valence electrons. The molecule has 0 radical (unpaired) electrons. The van der Waals surface area contributed by atoms with Crippen molar-refractivity contribution in [2.75, 3.05) is 24.1 Å². The third-order valence-corrected chi connectivity index (χ3v) is 8.59. The van der Waals surface area contributed by atoms with Crippen molar-refractivity contribution in [1.29, 1.82) is 0 Å². The molecule has 45 heavy (non-hydrogen) atoms. The molecule has 0 saturated heterocycles. The Bertz CT molecular complexity index is 1860. The summed E-state index contributed by atoms with van der Waals surface area (Å²) in [5.41, 5.74) is 9.53. The predicted molar refractivity (Wildman–Crippen MR) is 183 cm³/mol. The van der Waals surface area contributed by atoms with Crippen LogP contribution < -0.4 is 4.72 Å². The van der Waals surface area contributed by atoms with Crippen molar-refractivity contribution in [3.8, 4) is 11.3 Å². The summed E-state index contributed by atoms with van der Waals surface area (Å²) in [6, 6.07) is 29.6. The number of aryl methyl sites for hydroxylation is 3. The van der Waals surface area contributed by atoms with Crippen LogP contribution in [0.2, 0.25) is 0 Å². The number of fused-ring (bicyclic) bond motifs is 1. The highest BCUT2D eigenvalue weighted by Gasteiger charge is 2.18. The van der Waals surface area contributed by atoms with Gasteiger partial charge in [-0.1, -0.05) is 59.7 Å². The molecule has 0 amide bonds. The van der Waals surface area contributed by atoms with Crippen molar-refractivity contribution in [1.82, 2.24) is 9.88 Å². The number of aromatic amines is 1. The number of hydrogen-bond donors (Lipinski definition) is 2. The van der Waals surface area contributed by atoms with Crippen LogP contribution in [-0.4, -0.2) is 42.6 Å². The number of non-ortho nitro benzene ring substituents is 1. The van der Waals surface area contributed by atoms with Gasteiger partial charge >= 0.3 is 0 Å². The van der Waals surface area contributed by atoms with E-state index >= 15 is 0 Å². The van der Waals surface area contributed by atoms with E-state index in [1.54, 1.807) is 24.3 Å². The second-order valence-corrected chi connectivity index (χ2v) is 13.6. The van der Waals surface area contributed by atoms with Crippen molar-refractivity contribution < 1.29 is 13.3 Å². The van der Waals surface area contributed by atoms with Crippen LogP contribution in [0.15, 0.2) is 91.0 Å². The standard InChI is InChI=1S/C36H40N4O4S/c1-26-21-27(2)23-30(22-26)36-33(34-24-32(40(41)42)16-17-35(34)37-36)18-20-39(25-29-10-5-4-6-11-29)19-8-7-9-28-12-14-31(15-13-28)38-45(3,43)44/h4-6,10-17,21-24,37-38H,7-9,18-20,25H2,1-3H3. The lowest BCUT2D eigenvalue weighted by atomic mass is 9.99. The number of aromatic nitrogens is 1. The van der Waals surface area contributed by atoms with Crippen LogP contribution in [0.4, 0.5) is 11.4 Å². The summed E-state index contributed by atoms with van der Waals surface area (Å²) >= 11 is 0. The molecule has 0 aliphatic rings. The van der Waals surface area contributed by atoms with Gasteiger partial charge < -0.3 is 4.98 Å². The molecule has 0 atom stereocenters. The monoisotopic (exact) mass is 624 g/mol. The highest BCUT2D eigenvalue weighted by atomic mass is 32.2. The molecule has 0 aliphatic heterocycles. The van der Waals surface area contributed by atoms with E-state index in [1.165, 1.54) is 22.3 Å². The molecular formula is C36H40N4O4S. The Morgan fingerprint density at radius 2 is 1.53 bits per heavy atom. The number of unbranched alkanes of at least 4 members (excludes halogenated alkanes) is 1. The predicted octanol–water partition coefficient (Wildman–Crippen LogP) is 7.80. The molecule has 0 fully saturated rings. The number of nitrogens with zero attached hydrogens (tertiary/aromatic N) is 2. The Morgan fingerprint density at radius 1 is 0.822 bits per heavy atom. The van der Waals surface area contributed by atoms with Crippen LogP contribution in [0.3, 0.4) is 0 Å². The van der Waals surface area contributed by atoms with Crippen LogP contribution in [0.5, 0.6) is 0 Å². The van der Waals surface area contributed by atoms with E-state index in [4.69, 9.17) is 0 Å². The number of H-pyrrole nitrogens is 1. The van der Waals surface area contributed by atoms with Crippen LogP contribution in [-0.2, 0) is 29.4 Å². The van der Waals surface area contributed by atoms with Gasteiger partial charge in [0.2, 0.25) is 10.0 Å².